The first kappa shape index (κ1) is 13.5. The first-order valence-corrected chi connectivity index (χ1v) is 6.23. The number of hydrogen-bond donors (Lipinski definition) is 2. The smallest absolute Gasteiger partial charge is 0.224 e. The van der Waals surface area contributed by atoms with Crippen LogP contribution in [0.3, 0.4) is 0 Å². The van der Waals surface area contributed by atoms with E-state index in [2.05, 4.69) is 17.2 Å². The lowest BCUT2D eigenvalue weighted by molar-refractivity contribution is -0.116. The summed E-state index contributed by atoms with van der Waals surface area (Å²) in [5, 5.41) is 2.81. The van der Waals surface area contributed by atoms with Crippen molar-refractivity contribution in [2.45, 2.75) is 45.4 Å². The zero-order chi connectivity index (χ0) is 12.5. The van der Waals surface area contributed by atoms with E-state index in [-0.39, 0.29) is 5.91 Å². The van der Waals surface area contributed by atoms with Crippen LogP contribution in [0.2, 0.25) is 0 Å². The van der Waals surface area contributed by atoms with Crippen LogP contribution in [0.15, 0.2) is 18.3 Å². The highest BCUT2D eigenvalue weighted by atomic mass is 16.1. The van der Waals surface area contributed by atoms with E-state index in [4.69, 9.17) is 5.73 Å². The van der Waals surface area contributed by atoms with Crippen molar-refractivity contribution < 1.29 is 4.79 Å². The Bertz CT molecular complexity index is 352. The quantitative estimate of drug-likeness (QED) is 0.714. The van der Waals surface area contributed by atoms with Gasteiger partial charge in [0.15, 0.2) is 0 Å². The number of unbranched alkanes of at least 4 members (excludes halogenated alkanes) is 4. The third-order valence-corrected chi connectivity index (χ3v) is 2.57. The summed E-state index contributed by atoms with van der Waals surface area (Å²) in [5.41, 5.74) is 6.25. The second-order valence-electron chi connectivity index (χ2n) is 4.18. The molecule has 0 aliphatic heterocycles. The Balaban J connectivity index is 2.21. The van der Waals surface area contributed by atoms with Gasteiger partial charge < -0.3 is 11.1 Å². The number of carbonyl (C=O) groups is 1. The Morgan fingerprint density at radius 3 is 2.82 bits per heavy atom. The minimum atomic E-state index is 0.0482. The number of pyridine rings is 1. The molecule has 3 N–H and O–H groups in total. The van der Waals surface area contributed by atoms with Crippen molar-refractivity contribution >= 4 is 17.4 Å². The predicted molar refractivity (Wildman–Crippen MR) is 70.7 cm³/mol. The monoisotopic (exact) mass is 235 g/mol. The van der Waals surface area contributed by atoms with Crippen LogP contribution in [0.1, 0.15) is 45.4 Å². The van der Waals surface area contributed by atoms with Gasteiger partial charge in [-0.2, -0.15) is 0 Å². The minimum Gasteiger partial charge on any atom is -0.384 e. The van der Waals surface area contributed by atoms with Gasteiger partial charge in [0.2, 0.25) is 5.91 Å². The minimum absolute atomic E-state index is 0.0482. The van der Waals surface area contributed by atoms with Gasteiger partial charge in [0.25, 0.3) is 0 Å². The standard InChI is InChI=1S/C13H21N3O/c1-2-3-4-5-6-7-13(17)16-11-8-9-15-12(14)10-11/h8-10H,2-7H2,1H3,(H3,14,15,16,17). The number of carbonyl (C=O) groups excluding carboxylic acids is 1. The lowest BCUT2D eigenvalue weighted by Crippen LogP contribution is -2.11. The fourth-order valence-electron chi connectivity index (χ4n) is 1.64. The summed E-state index contributed by atoms with van der Waals surface area (Å²) >= 11 is 0. The van der Waals surface area contributed by atoms with Gasteiger partial charge in [0.05, 0.1) is 0 Å². The number of hydrogen-bond acceptors (Lipinski definition) is 3. The molecule has 1 rings (SSSR count). The first-order chi connectivity index (χ1) is 8.22. The number of anilines is 2. The molecular formula is C13H21N3O. The highest BCUT2D eigenvalue weighted by Gasteiger charge is 2.02. The highest BCUT2D eigenvalue weighted by molar-refractivity contribution is 5.90. The predicted octanol–water partition coefficient (Wildman–Crippen LogP) is 2.96. The Hall–Kier alpha value is -1.58. The largest absolute Gasteiger partial charge is 0.384 e. The summed E-state index contributed by atoms with van der Waals surface area (Å²) in [6.07, 6.45) is 7.93. The van der Waals surface area contributed by atoms with Gasteiger partial charge in [-0.05, 0) is 12.5 Å². The van der Waals surface area contributed by atoms with Crippen LogP contribution in [0.4, 0.5) is 11.5 Å². The van der Waals surface area contributed by atoms with Gasteiger partial charge in [-0.15, -0.1) is 0 Å². The van der Waals surface area contributed by atoms with Gasteiger partial charge in [0.1, 0.15) is 5.82 Å². The molecule has 0 spiro atoms. The molecule has 4 nitrogen and oxygen atoms in total. The summed E-state index contributed by atoms with van der Waals surface area (Å²) in [5.74, 6) is 0.470. The number of nitrogens with zero attached hydrogens (tertiary/aromatic N) is 1. The maximum atomic E-state index is 11.6. The maximum Gasteiger partial charge on any atom is 0.224 e. The van der Waals surface area contributed by atoms with E-state index in [1.165, 1.54) is 19.3 Å². The molecule has 94 valence electrons. The molecule has 0 radical (unpaired) electrons. The molecule has 0 aliphatic carbocycles. The first-order valence-electron chi connectivity index (χ1n) is 6.23. The molecule has 0 unspecified atom stereocenters. The van der Waals surface area contributed by atoms with Gasteiger partial charge >= 0.3 is 0 Å². The van der Waals surface area contributed by atoms with E-state index < -0.39 is 0 Å². The number of rotatable bonds is 7. The Kier molecular flexibility index (Phi) is 6.07. The summed E-state index contributed by atoms with van der Waals surface area (Å²) in [7, 11) is 0. The molecule has 0 saturated heterocycles. The maximum absolute atomic E-state index is 11.6. The van der Waals surface area contributed by atoms with Crippen molar-refractivity contribution in [3.63, 3.8) is 0 Å². The van der Waals surface area contributed by atoms with E-state index in [1.54, 1.807) is 18.3 Å². The lowest BCUT2D eigenvalue weighted by Gasteiger charge is -2.05. The number of aromatic nitrogens is 1. The second-order valence-corrected chi connectivity index (χ2v) is 4.18. The summed E-state index contributed by atoms with van der Waals surface area (Å²) in [4.78, 5) is 15.5. The van der Waals surface area contributed by atoms with Gasteiger partial charge in [-0.1, -0.05) is 32.6 Å². The van der Waals surface area contributed by atoms with E-state index >= 15 is 0 Å². The van der Waals surface area contributed by atoms with E-state index in [1.807, 2.05) is 0 Å². The highest BCUT2D eigenvalue weighted by Crippen LogP contribution is 2.11. The van der Waals surface area contributed by atoms with E-state index in [9.17, 15) is 4.79 Å². The molecule has 1 heterocycles. The van der Waals surface area contributed by atoms with Crippen LogP contribution < -0.4 is 11.1 Å². The van der Waals surface area contributed by atoms with Crippen LogP contribution >= 0.6 is 0 Å². The van der Waals surface area contributed by atoms with Crippen LogP contribution in [0, 0.1) is 0 Å². The fourth-order valence-corrected chi connectivity index (χ4v) is 1.64. The second kappa shape index (κ2) is 7.65. The SMILES string of the molecule is CCCCCCCC(=O)Nc1ccnc(N)c1. The molecule has 0 bridgehead atoms. The van der Waals surface area contributed by atoms with Crippen molar-refractivity contribution in [2.75, 3.05) is 11.1 Å². The molecule has 1 amide bonds. The van der Waals surface area contributed by atoms with Gasteiger partial charge in [-0.25, -0.2) is 4.98 Å². The third kappa shape index (κ3) is 5.90. The lowest BCUT2D eigenvalue weighted by atomic mass is 10.1. The van der Waals surface area contributed by atoms with E-state index in [0.29, 0.717) is 12.2 Å². The van der Waals surface area contributed by atoms with Gasteiger partial charge in [-0.3, -0.25) is 4.79 Å². The molecule has 0 aromatic carbocycles. The number of nitrogens with two attached hydrogens (primary N) is 1. The molecule has 0 atom stereocenters. The summed E-state index contributed by atoms with van der Waals surface area (Å²) < 4.78 is 0. The average molecular weight is 235 g/mol. The van der Waals surface area contributed by atoms with Gasteiger partial charge in [0, 0.05) is 24.4 Å². The number of nitrogen functional groups attached to an aromatic ring is 1. The van der Waals surface area contributed by atoms with E-state index in [0.717, 1.165) is 18.5 Å². The fraction of sp³-hybridized carbons (Fsp3) is 0.538. The van der Waals surface area contributed by atoms with Crippen LogP contribution in [-0.2, 0) is 4.79 Å². The molecule has 1 aromatic heterocycles. The van der Waals surface area contributed by atoms with Crippen molar-refractivity contribution in [3.05, 3.63) is 18.3 Å². The molecular weight excluding hydrogens is 214 g/mol. The summed E-state index contributed by atoms with van der Waals surface area (Å²) in [6.45, 7) is 2.18. The van der Waals surface area contributed by atoms with Crippen molar-refractivity contribution in [3.8, 4) is 0 Å². The normalized spacial score (nSPS) is 10.2. The molecule has 0 fully saturated rings. The third-order valence-electron chi connectivity index (χ3n) is 2.57. The van der Waals surface area contributed by atoms with Crippen LogP contribution in [0.5, 0.6) is 0 Å². The molecule has 17 heavy (non-hydrogen) atoms. The molecule has 0 saturated carbocycles. The number of nitrogens with one attached hydrogen (secondary N) is 1. The average Bonchev–Trinajstić information content (AvgIpc) is 2.29. The molecule has 1 aromatic rings. The Morgan fingerprint density at radius 2 is 2.12 bits per heavy atom. The Morgan fingerprint density at radius 1 is 1.35 bits per heavy atom. The number of amides is 1. The van der Waals surface area contributed by atoms with Crippen molar-refractivity contribution in [1.82, 2.24) is 4.98 Å². The summed E-state index contributed by atoms with van der Waals surface area (Å²) in [6, 6.07) is 3.40. The zero-order valence-corrected chi connectivity index (χ0v) is 10.4. The topological polar surface area (TPSA) is 68.0 Å². The van der Waals surface area contributed by atoms with Crippen molar-refractivity contribution in [2.24, 2.45) is 0 Å². The molecule has 4 heteroatoms. The molecule has 0 aliphatic rings. The van der Waals surface area contributed by atoms with Crippen LogP contribution in [0.25, 0.3) is 0 Å². The van der Waals surface area contributed by atoms with Crippen molar-refractivity contribution in [1.29, 1.82) is 0 Å². The zero-order valence-electron chi connectivity index (χ0n) is 10.4. The van der Waals surface area contributed by atoms with Crippen LogP contribution in [-0.4, -0.2) is 10.9 Å². The Labute approximate surface area is 103 Å².